The molecule has 24 heavy (non-hydrogen) atoms. The highest BCUT2D eigenvalue weighted by atomic mass is 16.3. The van der Waals surface area contributed by atoms with Gasteiger partial charge in [0.15, 0.2) is 5.76 Å². The summed E-state index contributed by atoms with van der Waals surface area (Å²) in [4.78, 5) is 14.4. The summed E-state index contributed by atoms with van der Waals surface area (Å²) < 4.78 is 5.68. The number of para-hydroxylation sites is 1. The van der Waals surface area contributed by atoms with E-state index in [0.717, 1.165) is 16.6 Å². The molecule has 0 atom stereocenters. The number of hydrogen-bond acceptors (Lipinski definition) is 4. The molecule has 3 rings (SSSR count). The molecule has 0 aliphatic heterocycles. The molecule has 1 heterocycles. The minimum atomic E-state index is -0.264. The average molecular weight is 324 g/mol. The Hall–Kier alpha value is -2.79. The first-order valence-corrected chi connectivity index (χ1v) is 7.81. The molecule has 2 aromatic carbocycles. The van der Waals surface area contributed by atoms with Crippen molar-refractivity contribution in [2.75, 3.05) is 30.4 Å². The molecule has 124 valence electrons. The number of furan rings is 1. The van der Waals surface area contributed by atoms with E-state index in [9.17, 15) is 4.79 Å². The van der Waals surface area contributed by atoms with Crippen molar-refractivity contribution in [1.82, 2.24) is 0 Å². The number of aryl methyl sites for hydroxylation is 1. The SMILES string of the molecule is Cc1c(C(=O)Nc2ccc(N(C)CCO)cc2)oc2ccccc12. The summed E-state index contributed by atoms with van der Waals surface area (Å²) in [5, 5.41) is 12.8. The Morgan fingerprint density at radius 3 is 2.54 bits per heavy atom. The van der Waals surface area contributed by atoms with Gasteiger partial charge in [-0.2, -0.15) is 0 Å². The Bertz CT molecular complexity index is 853. The average Bonchev–Trinajstić information content (AvgIpc) is 2.93. The quantitative estimate of drug-likeness (QED) is 0.755. The minimum absolute atomic E-state index is 0.0975. The first-order valence-electron chi connectivity index (χ1n) is 7.81. The minimum Gasteiger partial charge on any atom is -0.451 e. The summed E-state index contributed by atoms with van der Waals surface area (Å²) in [5.74, 6) is 0.0674. The summed E-state index contributed by atoms with van der Waals surface area (Å²) in [5.41, 5.74) is 3.21. The van der Waals surface area contributed by atoms with Crippen LogP contribution in [0.25, 0.3) is 11.0 Å². The second-order valence-corrected chi connectivity index (χ2v) is 5.70. The Balaban J connectivity index is 1.77. The van der Waals surface area contributed by atoms with Crippen LogP contribution in [-0.2, 0) is 0 Å². The number of benzene rings is 2. The monoisotopic (exact) mass is 324 g/mol. The molecule has 3 aromatic rings. The van der Waals surface area contributed by atoms with E-state index in [0.29, 0.717) is 23.6 Å². The summed E-state index contributed by atoms with van der Waals surface area (Å²) in [6.07, 6.45) is 0. The van der Waals surface area contributed by atoms with Crippen LogP contribution in [-0.4, -0.2) is 31.2 Å². The standard InChI is InChI=1S/C19H20N2O3/c1-13-16-5-3-4-6-17(16)24-18(13)19(23)20-14-7-9-15(10-8-14)21(2)11-12-22/h3-10,22H,11-12H2,1-2H3,(H,20,23). The second kappa shape index (κ2) is 6.76. The van der Waals surface area contributed by atoms with Crippen LogP contribution in [0, 0.1) is 6.92 Å². The van der Waals surface area contributed by atoms with Crippen molar-refractivity contribution >= 4 is 28.3 Å². The van der Waals surface area contributed by atoms with Crippen LogP contribution in [0.4, 0.5) is 11.4 Å². The molecular weight excluding hydrogens is 304 g/mol. The zero-order valence-electron chi connectivity index (χ0n) is 13.7. The van der Waals surface area contributed by atoms with Crippen LogP contribution >= 0.6 is 0 Å². The second-order valence-electron chi connectivity index (χ2n) is 5.70. The normalized spacial score (nSPS) is 10.8. The summed E-state index contributed by atoms with van der Waals surface area (Å²) in [7, 11) is 1.90. The number of rotatable bonds is 5. The number of nitrogens with one attached hydrogen (secondary N) is 1. The van der Waals surface area contributed by atoms with Gasteiger partial charge in [0, 0.05) is 35.9 Å². The third kappa shape index (κ3) is 3.12. The van der Waals surface area contributed by atoms with Crippen LogP contribution < -0.4 is 10.2 Å². The van der Waals surface area contributed by atoms with E-state index in [1.54, 1.807) is 0 Å². The van der Waals surface area contributed by atoms with Gasteiger partial charge in [0.1, 0.15) is 5.58 Å². The van der Waals surface area contributed by atoms with Crippen LogP contribution in [0.15, 0.2) is 52.9 Å². The van der Waals surface area contributed by atoms with E-state index < -0.39 is 0 Å². The predicted octanol–water partition coefficient (Wildman–Crippen LogP) is 3.42. The number of carbonyl (C=O) groups is 1. The van der Waals surface area contributed by atoms with E-state index in [4.69, 9.17) is 9.52 Å². The molecule has 5 nitrogen and oxygen atoms in total. The number of amides is 1. The summed E-state index contributed by atoms with van der Waals surface area (Å²) in [6, 6.07) is 15.1. The maximum atomic E-state index is 12.5. The molecule has 0 radical (unpaired) electrons. The van der Waals surface area contributed by atoms with Gasteiger partial charge in [-0.25, -0.2) is 0 Å². The van der Waals surface area contributed by atoms with Crippen molar-refractivity contribution in [3.05, 3.63) is 59.9 Å². The first kappa shape index (κ1) is 16.1. The maximum absolute atomic E-state index is 12.5. The van der Waals surface area contributed by atoms with Gasteiger partial charge in [-0.05, 0) is 37.3 Å². The molecule has 0 bridgehead atoms. The molecule has 0 saturated carbocycles. The van der Waals surface area contributed by atoms with E-state index in [2.05, 4.69) is 5.32 Å². The lowest BCUT2D eigenvalue weighted by Crippen LogP contribution is -2.21. The number of anilines is 2. The highest BCUT2D eigenvalue weighted by Crippen LogP contribution is 2.26. The molecular formula is C19H20N2O3. The topological polar surface area (TPSA) is 65.7 Å². The Labute approximate surface area is 140 Å². The zero-order chi connectivity index (χ0) is 17.1. The van der Waals surface area contributed by atoms with Gasteiger partial charge in [-0.15, -0.1) is 0 Å². The van der Waals surface area contributed by atoms with Gasteiger partial charge in [0.25, 0.3) is 5.91 Å². The molecule has 0 unspecified atom stereocenters. The smallest absolute Gasteiger partial charge is 0.291 e. The van der Waals surface area contributed by atoms with Gasteiger partial charge in [0.05, 0.1) is 6.61 Å². The van der Waals surface area contributed by atoms with Crippen molar-refractivity contribution in [3.63, 3.8) is 0 Å². The van der Waals surface area contributed by atoms with Crippen LogP contribution in [0.2, 0.25) is 0 Å². The molecule has 0 aliphatic carbocycles. The third-order valence-electron chi connectivity index (χ3n) is 4.05. The predicted molar refractivity (Wildman–Crippen MR) is 95.7 cm³/mol. The fourth-order valence-corrected chi connectivity index (χ4v) is 2.66. The number of hydrogen-bond donors (Lipinski definition) is 2. The lowest BCUT2D eigenvalue weighted by molar-refractivity contribution is 0.0998. The van der Waals surface area contributed by atoms with Gasteiger partial charge in [-0.1, -0.05) is 18.2 Å². The van der Waals surface area contributed by atoms with Gasteiger partial charge in [0.2, 0.25) is 0 Å². The van der Waals surface area contributed by atoms with Crippen LogP contribution in [0.3, 0.4) is 0 Å². The molecule has 2 N–H and O–H groups in total. The third-order valence-corrected chi connectivity index (χ3v) is 4.05. The van der Waals surface area contributed by atoms with Crippen molar-refractivity contribution in [1.29, 1.82) is 0 Å². The molecule has 1 amide bonds. The molecule has 0 aliphatic rings. The number of aliphatic hydroxyl groups is 1. The number of fused-ring (bicyclic) bond motifs is 1. The highest BCUT2D eigenvalue weighted by Gasteiger charge is 2.17. The van der Waals surface area contributed by atoms with E-state index >= 15 is 0 Å². The lowest BCUT2D eigenvalue weighted by atomic mass is 10.1. The van der Waals surface area contributed by atoms with E-state index in [-0.39, 0.29) is 12.5 Å². The van der Waals surface area contributed by atoms with Crippen molar-refractivity contribution in [2.45, 2.75) is 6.92 Å². The zero-order valence-corrected chi connectivity index (χ0v) is 13.7. The molecule has 0 saturated heterocycles. The van der Waals surface area contributed by atoms with Crippen molar-refractivity contribution < 1.29 is 14.3 Å². The maximum Gasteiger partial charge on any atom is 0.291 e. The largest absolute Gasteiger partial charge is 0.451 e. The number of aliphatic hydroxyl groups excluding tert-OH is 1. The Kier molecular flexibility index (Phi) is 4.53. The molecule has 1 aromatic heterocycles. The fourth-order valence-electron chi connectivity index (χ4n) is 2.66. The van der Waals surface area contributed by atoms with E-state index in [1.165, 1.54) is 0 Å². The van der Waals surface area contributed by atoms with E-state index in [1.807, 2.05) is 67.4 Å². The van der Waals surface area contributed by atoms with Crippen molar-refractivity contribution in [3.8, 4) is 0 Å². The lowest BCUT2D eigenvalue weighted by Gasteiger charge is -2.18. The number of nitrogens with zero attached hydrogens (tertiary/aromatic N) is 1. The first-order chi connectivity index (χ1) is 11.6. The molecule has 5 heteroatoms. The summed E-state index contributed by atoms with van der Waals surface area (Å²) >= 11 is 0. The summed E-state index contributed by atoms with van der Waals surface area (Å²) in [6.45, 7) is 2.54. The van der Waals surface area contributed by atoms with Gasteiger partial charge in [-0.3, -0.25) is 4.79 Å². The molecule has 0 spiro atoms. The van der Waals surface area contributed by atoms with Crippen LogP contribution in [0.1, 0.15) is 16.1 Å². The van der Waals surface area contributed by atoms with Gasteiger partial charge < -0.3 is 19.7 Å². The number of likely N-dealkylation sites (N-methyl/N-ethyl adjacent to an activating group) is 1. The molecule has 0 fully saturated rings. The van der Waals surface area contributed by atoms with Gasteiger partial charge >= 0.3 is 0 Å². The Morgan fingerprint density at radius 2 is 1.88 bits per heavy atom. The number of carbonyl (C=O) groups excluding carboxylic acids is 1. The van der Waals surface area contributed by atoms with Crippen LogP contribution in [0.5, 0.6) is 0 Å². The fraction of sp³-hybridized carbons (Fsp3) is 0.211. The Morgan fingerprint density at radius 1 is 1.17 bits per heavy atom. The highest BCUT2D eigenvalue weighted by molar-refractivity contribution is 6.06. The van der Waals surface area contributed by atoms with Crippen molar-refractivity contribution in [2.24, 2.45) is 0 Å².